The maximum Gasteiger partial charge on any atom is 0.0543 e. The monoisotopic (exact) mass is 235 g/mol. The summed E-state index contributed by atoms with van der Waals surface area (Å²) in [5.74, 6) is 0. The van der Waals surface area contributed by atoms with Crippen molar-refractivity contribution in [2.75, 3.05) is 13.6 Å². The van der Waals surface area contributed by atoms with Gasteiger partial charge < -0.3 is 5.73 Å². The molecule has 0 aliphatic heterocycles. The number of rotatable bonds is 5. The first kappa shape index (κ1) is 14.1. The van der Waals surface area contributed by atoms with Gasteiger partial charge in [-0.05, 0) is 38.4 Å². The number of nitrogens with zero attached hydrogens (tertiary/aromatic N) is 2. The summed E-state index contributed by atoms with van der Waals surface area (Å²) in [6.45, 7) is 10.4. The Morgan fingerprint density at radius 2 is 1.88 bits per heavy atom. The second kappa shape index (κ2) is 5.15. The summed E-state index contributed by atoms with van der Waals surface area (Å²) >= 11 is 0. The van der Waals surface area contributed by atoms with Crippen LogP contribution in [0.5, 0.6) is 0 Å². The highest BCUT2D eigenvalue weighted by molar-refractivity contribution is 5.03. The lowest BCUT2D eigenvalue weighted by Gasteiger charge is -2.41. The van der Waals surface area contributed by atoms with Gasteiger partial charge in [-0.3, -0.25) is 9.88 Å². The van der Waals surface area contributed by atoms with E-state index in [1.54, 1.807) is 0 Å². The molecule has 0 atom stereocenters. The SMILES string of the molecule is CN(Cc1ccccn1)CC(C)(C)C(C)(C)N. The molecule has 0 aliphatic carbocycles. The zero-order valence-corrected chi connectivity index (χ0v) is 11.7. The molecule has 96 valence electrons. The number of hydrogen-bond acceptors (Lipinski definition) is 3. The summed E-state index contributed by atoms with van der Waals surface area (Å²) in [5.41, 5.74) is 7.19. The van der Waals surface area contributed by atoms with Gasteiger partial charge in [0.25, 0.3) is 0 Å². The normalized spacial score (nSPS) is 13.1. The Balaban J connectivity index is 2.59. The summed E-state index contributed by atoms with van der Waals surface area (Å²) < 4.78 is 0. The van der Waals surface area contributed by atoms with Crippen LogP contribution in [-0.4, -0.2) is 29.0 Å². The quantitative estimate of drug-likeness (QED) is 0.851. The van der Waals surface area contributed by atoms with Crippen molar-refractivity contribution in [1.29, 1.82) is 0 Å². The number of hydrogen-bond donors (Lipinski definition) is 1. The van der Waals surface area contributed by atoms with Crippen molar-refractivity contribution < 1.29 is 0 Å². The highest BCUT2D eigenvalue weighted by atomic mass is 15.1. The summed E-state index contributed by atoms with van der Waals surface area (Å²) in [6, 6.07) is 6.02. The molecule has 0 aliphatic rings. The average molecular weight is 235 g/mol. The third kappa shape index (κ3) is 4.10. The first-order valence-electron chi connectivity index (χ1n) is 6.10. The minimum absolute atomic E-state index is 0.0660. The van der Waals surface area contributed by atoms with E-state index in [0.29, 0.717) is 0 Å². The molecule has 0 saturated carbocycles. The van der Waals surface area contributed by atoms with Crippen LogP contribution in [0.1, 0.15) is 33.4 Å². The van der Waals surface area contributed by atoms with E-state index in [1.807, 2.05) is 18.3 Å². The molecule has 0 spiro atoms. The Labute approximate surface area is 105 Å². The zero-order chi connectivity index (χ0) is 13.1. The van der Waals surface area contributed by atoms with Gasteiger partial charge in [0.2, 0.25) is 0 Å². The van der Waals surface area contributed by atoms with Crippen molar-refractivity contribution in [3.63, 3.8) is 0 Å². The first-order valence-corrected chi connectivity index (χ1v) is 6.10. The van der Waals surface area contributed by atoms with Crippen molar-refractivity contribution in [2.45, 2.75) is 39.8 Å². The van der Waals surface area contributed by atoms with Gasteiger partial charge in [-0.2, -0.15) is 0 Å². The van der Waals surface area contributed by atoms with Crippen molar-refractivity contribution in [3.8, 4) is 0 Å². The van der Waals surface area contributed by atoms with E-state index in [2.05, 4.69) is 50.7 Å². The average Bonchev–Trinajstić information content (AvgIpc) is 2.16. The molecule has 3 heteroatoms. The van der Waals surface area contributed by atoms with Crippen LogP contribution in [-0.2, 0) is 6.54 Å². The Bertz CT molecular complexity index is 338. The van der Waals surface area contributed by atoms with Gasteiger partial charge in [-0.25, -0.2) is 0 Å². The fourth-order valence-electron chi connectivity index (χ4n) is 1.70. The first-order chi connectivity index (χ1) is 7.72. The van der Waals surface area contributed by atoms with Crippen LogP contribution in [0.25, 0.3) is 0 Å². The van der Waals surface area contributed by atoms with Crippen molar-refractivity contribution in [3.05, 3.63) is 30.1 Å². The molecule has 0 unspecified atom stereocenters. The fourth-order valence-corrected chi connectivity index (χ4v) is 1.70. The van der Waals surface area contributed by atoms with E-state index in [4.69, 9.17) is 5.73 Å². The Hall–Kier alpha value is -0.930. The van der Waals surface area contributed by atoms with E-state index in [1.165, 1.54) is 0 Å². The standard InChI is InChI=1S/C14H25N3/c1-13(2,14(3,4)15)11-17(5)10-12-8-6-7-9-16-12/h6-9H,10-11,15H2,1-5H3. The molecule has 1 heterocycles. The van der Waals surface area contributed by atoms with Gasteiger partial charge in [-0.15, -0.1) is 0 Å². The van der Waals surface area contributed by atoms with E-state index in [0.717, 1.165) is 18.8 Å². The van der Waals surface area contributed by atoms with Crippen LogP contribution in [0.2, 0.25) is 0 Å². The second-order valence-corrected chi connectivity index (χ2v) is 6.10. The molecule has 3 nitrogen and oxygen atoms in total. The van der Waals surface area contributed by atoms with Crippen LogP contribution >= 0.6 is 0 Å². The lowest BCUT2D eigenvalue weighted by atomic mass is 9.75. The van der Waals surface area contributed by atoms with Gasteiger partial charge in [0.15, 0.2) is 0 Å². The van der Waals surface area contributed by atoms with E-state index in [9.17, 15) is 0 Å². The summed E-state index contributed by atoms with van der Waals surface area (Å²) in [4.78, 5) is 6.61. The fraction of sp³-hybridized carbons (Fsp3) is 0.643. The van der Waals surface area contributed by atoms with Crippen molar-refractivity contribution in [1.82, 2.24) is 9.88 Å². The molecule has 1 aromatic heterocycles. The minimum atomic E-state index is -0.189. The molecule has 0 amide bonds. The molecule has 1 aromatic rings. The van der Waals surface area contributed by atoms with Crippen LogP contribution < -0.4 is 5.73 Å². The van der Waals surface area contributed by atoms with Gasteiger partial charge in [0.05, 0.1) is 5.69 Å². The highest BCUT2D eigenvalue weighted by Crippen LogP contribution is 2.29. The predicted molar refractivity (Wildman–Crippen MR) is 72.6 cm³/mol. The number of nitrogens with two attached hydrogens (primary N) is 1. The third-order valence-electron chi connectivity index (χ3n) is 3.57. The molecule has 0 fully saturated rings. The molecule has 0 saturated heterocycles. The molecule has 0 aromatic carbocycles. The molecule has 1 rings (SSSR count). The predicted octanol–water partition coefficient (Wildman–Crippen LogP) is 2.28. The molecule has 2 N–H and O–H groups in total. The lowest BCUT2D eigenvalue weighted by Crippen LogP contribution is -2.52. The van der Waals surface area contributed by atoms with Gasteiger partial charge >= 0.3 is 0 Å². The van der Waals surface area contributed by atoms with Crippen LogP contribution in [0.3, 0.4) is 0 Å². The van der Waals surface area contributed by atoms with E-state index in [-0.39, 0.29) is 11.0 Å². The molecule has 0 bridgehead atoms. The summed E-state index contributed by atoms with van der Waals surface area (Å²) in [7, 11) is 2.11. The van der Waals surface area contributed by atoms with Crippen molar-refractivity contribution >= 4 is 0 Å². The smallest absolute Gasteiger partial charge is 0.0543 e. The highest BCUT2D eigenvalue weighted by Gasteiger charge is 2.34. The van der Waals surface area contributed by atoms with E-state index < -0.39 is 0 Å². The number of aromatic nitrogens is 1. The third-order valence-corrected chi connectivity index (χ3v) is 3.57. The van der Waals surface area contributed by atoms with E-state index >= 15 is 0 Å². The zero-order valence-electron chi connectivity index (χ0n) is 11.7. The Morgan fingerprint density at radius 1 is 1.24 bits per heavy atom. The van der Waals surface area contributed by atoms with Crippen LogP contribution in [0, 0.1) is 5.41 Å². The molecular weight excluding hydrogens is 210 g/mol. The molecule has 0 radical (unpaired) electrons. The van der Waals surface area contributed by atoms with Crippen LogP contribution in [0.4, 0.5) is 0 Å². The Morgan fingerprint density at radius 3 is 2.35 bits per heavy atom. The maximum absolute atomic E-state index is 6.21. The summed E-state index contributed by atoms with van der Waals surface area (Å²) in [6.07, 6.45) is 1.83. The number of pyridine rings is 1. The molecular formula is C14H25N3. The van der Waals surface area contributed by atoms with Gasteiger partial charge in [0.1, 0.15) is 0 Å². The second-order valence-electron chi connectivity index (χ2n) is 6.10. The molecule has 17 heavy (non-hydrogen) atoms. The topological polar surface area (TPSA) is 42.2 Å². The van der Waals surface area contributed by atoms with Gasteiger partial charge in [0, 0.05) is 24.8 Å². The minimum Gasteiger partial charge on any atom is -0.325 e. The van der Waals surface area contributed by atoms with Crippen LogP contribution in [0.15, 0.2) is 24.4 Å². The van der Waals surface area contributed by atoms with Crippen molar-refractivity contribution in [2.24, 2.45) is 11.1 Å². The Kier molecular flexibility index (Phi) is 4.28. The largest absolute Gasteiger partial charge is 0.325 e. The van der Waals surface area contributed by atoms with Gasteiger partial charge in [-0.1, -0.05) is 19.9 Å². The maximum atomic E-state index is 6.21. The summed E-state index contributed by atoms with van der Waals surface area (Å²) in [5, 5.41) is 0. The lowest BCUT2D eigenvalue weighted by molar-refractivity contribution is 0.125.